The first-order chi connectivity index (χ1) is 17.0. The molecule has 6 heteroatoms. The van der Waals surface area contributed by atoms with Gasteiger partial charge in [0.2, 0.25) is 0 Å². The average Bonchev–Trinajstić information content (AvgIpc) is 3.20. The first kappa shape index (κ1) is 25.4. The Hall–Kier alpha value is -2.67. The van der Waals surface area contributed by atoms with E-state index in [4.69, 9.17) is 4.74 Å². The van der Waals surface area contributed by atoms with E-state index in [1.165, 1.54) is 42.2 Å². The topological polar surface area (TPSA) is 31.0 Å². The van der Waals surface area contributed by atoms with Crippen molar-refractivity contribution in [3.05, 3.63) is 78.0 Å². The van der Waals surface area contributed by atoms with Gasteiger partial charge in [-0.3, -0.25) is 0 Å². The van der Waals surface area contributed by atoms with E-state index in [1.54, 1.807) is 18.9 Å². The molecule has 0 bridgehead atoms. The number of hydrogen-bond donors (Lipinski definition) is 1. The summed E-state index contributed by atoms with van der Waals surface area (Å²) in [4.78, 5) is 8.49. The third kappa shape index (κ3) is 6.31. The molecule has 1 N–H and O–H groups in total. The quantitative estimate of drug-likeness (QED) is 0.428. The van der Waals surface area contributed by atoms with Crippen molar-refractivity contribution >= 4 is 28.7 Å². The van der Waals surface area contributed by atoms with E-state index in [2.05, 4.69) is 83.6 Å². The van der Waals surface area contributed by atoms with Crippen LogP contribution < -0.4 is 15.0 Å². The van der Waals surface area contributed by atoms with Crippen LogP contribution in [0.15, 0.2) is 71.7 Å². The molecule has 0 spiro atoms. The van der Waals surface area contributed by atoms with Gasteiger partial charge in [0.1, 0.15) is 5.75 Å². The van der Waals surface area contributed by atoms with Crippen LogP contribution in [-0.4, -0.2) is 62.7 Å². The second-order valence-electron chi connectivity index (χ2n) is 9.12. The smallest absolute Gasteiger partial charge is 0.118 e. The number of fused-ring (bicyclic) bond motifs is 1. The van der Waals surface area contributed by atoms with Gasteiger partial charge in [-0.2, -0.15) is 0 Å². The molecule has 35 heavy (non-hydrogen) atoms. The predicted molar refractivity (Wildman–Crippen MR) is 151 cm³/mol. The molecule has 1 saturated heterocycles. The molecule has 1 fully saturated rings. The number of rotatable bonds is 10. The number of hydrogen-bond acceptors (Lipinski definition) is 6. The monoisotopic (exact) mass is 490 g/mol. The van der Waals surface area contributed by atoms with Gasteiger partial charge in [0.05, 0.1) is 17.8 Å². The highest BCUT2D eigenvalue weighted by atomic mass is 32.2. The SMILES string of the molecule is C=C(NCCCN1CCN(CC)CC1)c1ccc2c(c1)SC(=C)N2/C=C(\C)c1ccc(OC)cc1. The summed E-state index contributed by atoms with van der Waals surface area (Å²) in [7, 11) is 1.69. The van der Waals surface area contributed by atoms with Crippen LogP contribution in [0.2, 0.25) is 0 Å². The van der Waals surface area contributed by atoms with Gasteiger partial charge in [0.25, 0.3) is 0 Å². The Labute approximate surface area is 215 Å². The summed E-state index contributed by atoms with van der Waals surface area (Å²) in [6, 6.07) is 14.7. The van der Waals surface area contributed by atoms with Crippen LogP contribution in [0.1, 0.15) is 31.4 Å². The Kier molecular flexibility index (Phi) is 8.60. The number of likely N-dealkylation sites (N-methyl/N-ethyl adjacent to an activating group) is 1. The summed E-state index contributed by atoms with van der Waals surface area (Å²) in [5, 5.41) is 4.54. The van der Waals surface area contributed by atoms with Crippen molar-refractivity contribution in [2.45, 2.75) is 25.2 Å². The molecule has 2 aromatic carbocycles. The highest BCUT2D eigenvalue weighted by Crippen LogP contribution is 2.46. The van der Waals surface area contributed by atoms with Gasteiger partial charge in [-0.15, -0.1) is 0 Å². The van der Waals surface area contributed by atoms with E-state index in [-0.39, 0.29) is 0 Å². The van der Waals surface area contributed by atoms with Crippen molar-refractivity contribution < 1.29 is 4.74 Å². The summed E-state index contributed by atoms with van der Waals surface area (Å²) >= 11 is 1.71. The minimum absolute atomic E-state index is 0.865. The van der Waals surface area contributed by atoms with Gasteiger partial charge >= 0.3 is 0 Å². The molecule has 0 unspecified atom stereocenters. The van der Waals surface area contributed by atoms with Crippen molar-refractivity contribution in [1.29, 1.82) is 0 Å². The van der Waals surface area contributed by atoms with Gasteiger partial charge in [-0.25, -0.2) is 0 Å². The fourth-order valence-corrected chi connectivity index (χ4v) is 5.49. The molecule has 0 aliphatic carbocycles. The van der Waals surface area contributed by atoms with Crippen molar-refractivity contribution in [1.82, 2.24) is 15.1 Å². The van der Waals surface area contributed by atoms with Crippen LogP contribution in [0.3, 0.4) is 0 Å². The Morgan fingerprint density at radius 3 is 2.43 bits per heavy atom. The molecule has 0 saturated carbocycles. The number of nitrogens with zero attached hydrogens (tertiary/aromatic N) is 3. The zero-order valence-corrected chi connectivity index (χ0v) is 22.2. The normalized spacial score (nSPS) is 16.9. The lowest BCUT2D eigenvalue weighted by molar-refractivity contribution is 0.136. The lowest BCUT2D eigenvalue weighted by Crippen LogP contribution is -2.46. The maximum atomic E-state index is 5.28. The summed E-state index contributed by atoms with van der Waals surface area (Å²) in [5.41, 5.74) is 5.62. The second kappa shape index (κ2) is 11.8. The van der Waals surface area contributed by atoms with Crippen molar-refractivity contribution in [2.24, 2.45) is 0 Å². The molecule has 2 aliphatic rings. The first-order valence-corrected chi connectivity index (χ1v) is 13.3. The fourth-order valence-electron chi connectivity index (χ4n) is 4.53. The summed E-state index contributed by atoms with van der Waals surface area (Å²) in [6.07, 6.45) is 3.29. The van der Waals surface area contributed by atoms with Gasteiger partial charge in [-0.1, -0.05) is 50.0 Å². The molecule has 186 valence electrons. The maximum absolute atomic E-state index is 5.28. The predicted octanol–water partition coefficient (Wildman–Crippen LogP) is 5.73. The van der Waals surface area contributed by atoms with Gasteiger partial charge in [0.15, 0.2) is 0 Å². The van der Waals surface area contributed by atoms with Gasteiger partial charge < -0.3 is 24.8 Å². The molecule has 0 atom stereocenters. The number of methoxy groups -OCH3 is 1. The Morgan fingerprint density at radius 1 is 1.06 bits per heavy atom. The third-order valence-corrected chi connectivity index (χ3v) is 7.81. The number of anilines is 1. The summed E-state index contributed by atoms with van der Waals surface area (Å²) < 4.78 is 5.28. The highest BCUT2D eigenvalue weighted by Gasteiger charge is 2.23. The van der Waals surface area contributed by atoms with E-state index in [9.17, 15) is 0 Å². The lowest BCUT2D eigenvalue weighted by Gasteiger charge is -2.34. The molecule has 0 aromatic heterocycles. The number of piperazine rings is 1. The van der Waals surface area contributed by atoms with Crippen molar-refractivity contribution in [2.75, 3.05) is 57.8 Å². The fraction of sp³-hybridized carbons (Fsp3) is 0.379. The van der Waals surface area contributed by atoms with Crippen LogP contribution >= 0.6 is 11.8 Å². The van der Waals surface area contributed by atoms with Crippen LogP contribution in [0, 0.1) is 0 Å². The van der Waals surface area contributed by atoms with Crippen molar-refractivity contribution in [3.8, 4) is 5.75 Å². The van der Waals surface area contributed by atoms with E-state index in [1.807, 2.05) is 12.1 Å². The second-order valence-corrected chi connectivity index (χ2v) is 10.2. The lowest BCUT2D eigenvalue weighted by atomic mass is 10.1. The zero-order valence-electron chi connectivity index (χ0n) is 21.3. The standard InChI is InChI=1S/C29H38N4OS/c1-6-31-16-18-32(19-17-31)15-7-14-30-23(3)26-10-13-28-29(20-26)35-24(4)33(28)21-22(2)25-8-11-27(34-5)12-9-25/h8-13,20-21,30H,3-4,6-7,14-19H2,1-2,5H3/b22-21+. The minimum atomic E-state index is 0.865. The van der Waals surface area contributed by atoms with Crippen LogP contribution in [0.4, 0.5) is 5.69 Å². The first-order valence-electron chi connectivity index (χ1n) is 12.5. The third-order valence-electron chi connectivity index (χ3n) is 6.83. The van der Waals surface area contributed by atoms with Crippen molar-refractivity contribution in [3.63, 3.8) is 0 Å². The molecule has 5 nitrogen and oxygen atoms in total. The molecule has 0 amide bonds. The van der Waals surface area contributed by atoms with Gasteiger partial charge in [0, 0.05) is 49.5 Å². The molecule has 2 aliphatic heterocycles. The average molecular weight is 491 g/mol. The number of ether oxygens (including phenoxy) is 1. The molecule has 2 aromatic rings. The van der Waals surface area contributed by atoms with Crippen LogP contribution in [0.5, 0.6) is 5.75 Å². The highest BCUT2D eigenvalue weighted by molar-refractivity contribution is 8.03. The molecule has 0 radical (unpaired) electrons. The molecule has 2 heterocycles. The largest absolute Gasteiger partial charge is 0.497 e. The van der Waals surface area contributed by atoms with E-state index in [0.717, 1.165) is 53.8 Å². The Balaban J connectivity index is 1.32. The number of allylic oxidation sites excluding steroid dienone is 1. The Bertz CT molecular complexity index is 1070. The number of thioether (sulfide) groups is 1. The summed E-state index contributed by atoms with van der Waals surface area (Å²) in [6.45, 7) is 21.0. The van der Waals surface area contributed by atoms with Crippen LogP contribution in [0.25, 0.3) is 11.3 Å². The van der Waals surface area contributed by atoms with Gasteiger partial charge in [-0.05, 0) is 67.4 Å². The Morgan fingerprint density at radius 2 is 1.74 bits per heavy atom. The number of benzene rings is 2. The molecular weight excluding hydrogens is 452 g/mol. The van der Waals surface area contributed by atoms with E-state index >= 15 is 0 Å². The zero-order chi connectivity index (χ0) is 24.8. The van der Waals surface area contributed by atoms with E-state index in [0.29, 0.717) is 0 Å². The van der Waals surface area contributed by atoms with E-state index < -0.39 is 0 Å². The summed E-state index contributed by atoms with van der Waals surface area (Å²) in [5.74, 6) is 0.865. The molecular formula is C29H38N4OS. The van der Waals surface area contributed by atoms with Crippen LogP contribution in [-0.2, 0) is 0 Å². The minimum Gasteiger partial charge on any atom is -0.497 e. The maximum Gasteiger partial charge on any atom is 0.118 e. The number of nitrogens with one attached hydrogen (secondary N) is 1. The molecule has 4 rings (SSSR count).